The van der Waals surface area contributed by atoms with Crippen molar-refractivity contribution in [3.05, 3.63) is 69.7 Å². The Balaban J connectivity index is 0.000000212. The Labute approximate surface area is 165 Å². The molecular weight excluding hydrogens is 406 g/mol. The van der Waals surface area contributed by atoms with E-state index in [0.717, 1.165) is 5.56 Å². The van der Waals surface area contributed by atoms with Crippen LogP contribution in [0.15, 0.2) is 48.5 Å². The Morgan fingerprint density at radius 1 is 0.920 bits per heavy atom. The maximum absolute atomic E-state index is 11.1. The highest BCUT2D eigenvalue weighted by Crippen LogP contribution is 2.64. The van der Waals surface area contributed by atoms with E-state index in [0.29, 0.717) is 15.6 Å². The van der Waals surface area contributed by atoms with Gasteiger partial charge >= 0.3 is 0 Å². The first-order chi connectivity index (χ1) is 11.7. The van der Waals surface area contributed by atoms with E-state index in [1.54, 1.807) is 42.5 Å². The van der Waals surface area contributed by atoms with E-state index in [1.807, 2.05) is 6.07 Å². The van der Waals surface area contributed by atoms with E-state index in [2.05, 4.69) is 0 Å². The first-order valence-electron chi connectivity index (χ1n) is 7.13. The number of benzene rings is 2. The molecule has 0 radical (unpaired) electrons. The molecule has 0 aliphatic heterocycles. The molecule has 0 heterocycles. The zero-order chi connectivity index (χ0) is 18.8. The van der Waals surface area contributed by atoms with Gasteiger partial charge in [-0.15, -0.1) is 23.2 Å². The predicted molar refractivity (Wildman–Crippen MR) is 101 cm³/mol. The van der Waals surface area contributed by atoms with Crippen molar-refractivity contribution in [3.8, 4) is 0 Å². The molecule has 1 aliphatic rings. The maximum Gasteiger partial charge on any atom is 0.248 e. The Hall–Kier alpha value is -1.46. The van der Waals surface area contributed by atoms with Crippen molar-refractivity contribution in [1.29, 1.82) is 0 Å². The van der Waals surface area contributed by atoms with Gasteiger partial charge in [0.25, 0.3) is 0 Å². The molecule has 0 bridgehead atoms. The number of alkyl halides is 2. The molecule has 2 atom stereocenters. The summed E-state index contributed by atoms with van der Waals surface area (Å²) in [5.41, 5.74) is 11.5. The van der Waals surface area contributed by atoms with Gasteiger partial charge in [0.05, 0.1) is 16.0 Å². The standard InChI is InChI=1S/C10H7Cl4NO.C7H7NO/c11-5-2-1-4(3-6(5)12)7-8(9(15)16)10(7,13)14;8-7(9)6-4-2-1-3-5-6/h1-3,7-8H,(H2,15,16);1-5H,(H2,8,9). The van der Waals surface area contributed by atoms with Crippen molar-refractivity contribution in [2.45, 2.75) is 10.3 Å². The van der Waals surface area contributed by atoms with Gasteiger partial charge in [0.15, 0.2) is 0 Å². The third-order valence-electron chi connectivity index (χ3n) is 3.72. The highest BCUT2D eigenvalue weighted by molar-refractivity contribution is 6.53. The minimum absolute atomic E-state index is 0.317. The summed E-state index contributed by atoms with van der Waals surface area (Å²) in [6, 6.07) is 13.8. The van der Waals surface area contributed by atoms with Crippen molar-refractivity contribution in [3.63, 3.8) is 0 Å². The fraction of sp³-hybridized carbons (Fsp3) is 0.176. The summed E-state index contributed by atoms with van der Waals surface area (Å²) in [6.07, 6.45) is 0. The minimum Gasteiger partial charge on any atom is -0.369 e. The van der Waals surface area contributed by atoms with Gasteiger partial charge in [0.2, 0.25) is 11.8 Å². The Morgan fingerprint density at radius 3 is 1.92 bits per heavy atom. The van der Waals surface area contributed by atoms with E-state index in [9.17, 15) is 9.59 Å². The molecule has 2 aromatic rings. The summed E-state index contributed by atoms with van der Waals surface area (Å²) in [5, 5.41) is 0.842. The summed E-state index contributed by atoms with van der Waals surface area (Å²) < 4.78 is -1.14. The lowest BCUT2D eigenvalue weighted by atomic mass is 10.1. The molecule has 1 aliphatic carbocycles. The van der Waals surface area contributed by atoms with Gasteiger partial charge < -0.3 is 11.5 Å². The number of carbonyl (C=O) groups excluding carboxylic acids is 2. The Morgan fingerprint density at radius 2 is 1.52 bits per heavy atom. The van der Waals surface area contributed by atoms with Gasteiger partial charge in [0.1, 0.15) is 4.33 Å². The van der Waals surface area contributed by atoms with Crippen molar-refractivity contribution in [2.24, 2.45) is 17.4 Å². The largest absolute Gasteiger partial charge is 0.369 e. The number of hydrogen-bond donors (Lipinski definition) is 2. The summed E-state index contributed by atoms with van der Waals surface area (Å²) in [4.78, 5) is 21.5. The van der Waals surface area contributed by atoms with E-state index in [-0.39, 0.29) is 11.8 Å². The third kappa shape index (κ3) is 4.59. The predicted octanol–water partition coefficient (Wildman–Crippen LogP) is 4.15. The number of amides is 2. The molecule has 1 fully saturated rings. The van der Waals surface area contributed by atoms with Crippen LogP contribution in [0.2, 0.25) is 10.0 Å². The summed E-state index contributed by atoms with van der Waals surface area (Å²) in [5.74, 6) is -1.78. The normalized spacial score (nSPS) is 20.2. The number of carbonyl (C=O) groups is 2. The first kappa shape index (κ1) is 19.9. The average molecular weight is 420 g/mol. The number of rotatable bonds is 3. The third-order valence-corrected chi connectivity index (χ3v) is 5.40. The van der Waals surface area contributed by atoms with Crippen LogP contribution >= 0.6 is 46.4 Å². The molecule has 8 heteroatoms. The lowest BCUT2D eigenvalue weighted by Crippen LogP contribution is -2.16. The second-order valence-electron chi connectivity index (χ2n) is 5.44. The van der Waals surface area contributed by atoms with Crippen molar-refractivity contribution >= 4 is 58.2 Å². The molecule has 0 aromatic heterocycles. The Kier molecular flexibility index (Phi) is 6.22. The maximum atomic E-state index is 11.1. The number of nitrogens with two attached hydrogens (primary N) is 2. The molecule has 4 N–H and O–H groups in total. The summed E-state index contributed by atoms with van der Waals surface area (Å²) in [7, 11) is 0. The van der Waals surface area contributed by atoms with Crippen molar-refractivity contribution in [1.82, 2.24) is 0 Å². The van der Waals surface area contributed by atoms with E-state index in [4.69, 9.17) is 57.9 Å². The summed E-state index contributed by atoms with van der Waals surface area (Å²) in [6.45, 7) is 0. The molecule has 0 spiro atoms. The van der Waals surface area contributed by atoms with Gasteiger partial charge in [-0.2, -0.15) is 0 Å². The number of primary amides is 2. The second-order valence-corrected chi connectivity index (χ2v) is 7.69. The van der Waals surface area contributed by atoms with Gasteiger partial charge in [-0.3, -0.25) is 9.59 Å². The van der Waals surface area contributed by atoms with Crippen LogP contribution in [0.1, 0.15) is 21.8 Å². The minimum atomic E-state index is -1.14. The highest BCUT2D eigenvalue weighted by atomic mass is 35.5. The molecule has 4 nitrogen and oxygen atoms in total. The van der Waals surface area contributed by atoms with Crippen LogP contribution in [0.3, 0.4) is 0 Å². The highest BCUT2D eigenvalue weighted by Gasteiger charge is 2.67. The van der Waals surface area contributed by atoms with E-state index in [1.165, 1.54) is 0 Å². The SMILES string of the molecule is NC(=O)C1C(c2ccc(Cl)c(Cl)c2)C1(Cl)Cl.NC(=O)c1ccccc1. The van der Waals surface area contributed by atoms with Gasteiger partial charge in [-0.25, -0.2) is 0 Å². The monoisotopic (exact) mass is 418 g/mol. The molecule has 0 saturated heterocycles. The first-order valence-corrected chi connectivity index (χ1v) is 8.64. The molecule has 2 aromatic carbocycles. The topological polar surface area (TPSA) is 86.2 Å². The fourth-order valence-electron chi connectivity index (χ4n) is 2.40. The van der Waals surface area contributed by atoms with Crippen molar-refractivity contribution < 1.29 is 9.59 Å². The fourth-order valence-corrected chi connectivity index (χ4v) is 3.56. The molecule has 2 unspecified atom stereocenters. The van der Waals surface area contributed by atoms with Crippen LogP contribution < -0.4 is 11.5 Å². The quantitative estimate of drug-likeness (QED) is 0.732. The summed E-state index contributed by atoms with van der Waals surface area (Å²) >= 11 is 23.6. The van der Waals surface area contributed by atoms with Crippen LogP contribution in [0.25, 0.3) is 0 Å². The molecule has 25 heavy (non-hydrogen) atoms. The Bertz CT molecular complexity index is 796. The van der Waals surface area contributed by atoms with Gasteiger partial charge in [-0.1, -0.05) is 47.5 Å². The zero-order valence-electron chi connectivity index (χ0n) is 12.8. The number of hydrogen-bond acceptors (Lipinski definition) is 2. The van der Waals surface area contributed by atoms with Crippen LogP contribution in [0.4, 0.5) is 0 Å². The van der Waals surface area contributed by atoms with Crippen LogP contribution in [0.5, 0.6) is 0 Å². The molecule has 132 valence electrons. The second kappa shape index (κ2) is 7.83. The van der Waals surface area contributed by atoms with Crippen LogP contribution in [-0.4, -0.2) is 16.1 Å². The molecule has 3 rings (SSSR count). The smallest absolute Gasteiger partial charge is 0.248 e. The molecule has 2 amide bonds. The lowest BCUT2D eigenvalue weighted by Gasteiger charge is -2.02. The van der Waals surface area contributed by atoms with Gasteiger partial charge in [-0.05, 0) is 29.8 Å². The van der Waals surface area contributed by atoms with Gasteiger partial charge in [0, 0.05) is 11.5 Å². The zero-order valence-corrected chi connectivity index (χ0v) is 15.8. The number of halogens is 4. The lowest BCUT2D eigenvalue weighted by molar-refractivity contribution is -0.119. The van der Waals surface area contributed by atoms with E-state index >= 15 is 0 Å². The average Bonchev–Trinajstić information content (AvgIpc) is 3.14. The van der Waals surface area contributed by atoms with E-state index < -0.39 is 16.2 Å². The van der Waals surface area contributed by atoms with Crippen molar-refractivity contribution in [2.75, 3.05) is 0 Å². The molecular formula is C17H14Cl4N2O2. The van der Waals surface area contributed by atoms with Crippen LogP contribution in [-0.2, 0) is 4.79 Å². The molecule has 1 saturated carbocycles. The van der Waals surface area contributed by atoms with Crippen LogP contribution in [0, 0.1) is 5.92 Å².